The highest BCUT2D eigenvalue weighted by Crippen LogP contribution is 2.38. The first kappa shape index (κ1) is 21.8. The van der Waals surface area contributed by atoms with Crippen LogP contribution in [0.5, 0.6) is 5.75 Å². The predicted octanol–water partition coefficient (Wildman–Crippen LogP) is 5.50. The number of phenolic OH excluding ortho intramolecular Hbond substituents is 1. The molecule has 3 rings (SSSR count). The zero-order valence-electron chi connectivity index (χ0n) is 17.8. The van der Waals surface area contributed by atoms with Crippen LogP contribution in [0.2, 0.25) is 0 Å². The minimum atomic E-state index is -0.716. The summed E-state index contributed by atoms with van der Waals surface area (Å²) in [5, 5.41) is 20.5. The topological polar surface area (TPSA) is 70.0 Å². The first-order valence-corrected chi connectivity index (χ1v) is 10.7. The van der Waals surface area contributed by atoms with Gasteiger partial charge in [0.25, 0.3) is 0 Å². The molecular weight excluding hydrogens is 378 g/mol. The summed E-state index contributed by atoms with van der Waals surface area (Å²) in [5.41, 5.74) is 1.46. The fourth-order valence-corrected chi connectivity index (χ4v) is 4.15. The number of cyclic esters (lactones) is 1. The monoisotopic (exact) mass is 409 g/mol. The molecule has 0 amide bonds. The third kappa shape index (κ3) is 4.96. The Balaban J connectivity index is 1.86. The Labute approximate surface area is 178 Å². The molecule has 0 aliphatic carbocycles. The predicted molar refractivity (Wildman–Crippen MR) is 119 cm³/mol. The molecule has 0 aromatic heterocycles. The van der Waals surface area contributed by atoms with E-state index in [4.69, 9.17) is 4.74 Å². The van der Waals surface area contributed by atoms with Gasteiger partial charge in [0.05, 0.1) is 0 Å². The van der Waals surface area contributed by atoms with Crippen molar-refractivity contribution in [2.45, 2.75) is 58.0 Å². The lowest BCUT2D eigenvalue weighted by Crippen LogP contribution is -2.44. The summed E-state index contributed by atoms with van der Waals surface area (Å²) in [5.74, 6) is -0.133. The van der Waals surface area contributed by atoms with Crippen molar-refractivity contribution in [1.29, 1.82) is 0 Å². The van der Waals surface area contributed by atoms with Crippen LogP contribution in [0.4, 0.5) is 5.69 Å². The van der Waals surface area contributed by atoms with Crippen LogP contribution in [0.1, 0.15) is 51.5 Å². The molecule has 2 aromatic rings. The quantitative estimate of drug-likeness (QED) is 0.536. The van der Waals surface area contributed by atoms with E-state index in [1.165, 1.54) is 0 Å². The van der Waals surface area contributed by atoms with Gasteiger partial charge >= 0.3 is 5.97 Å². The van der Waals surface area contributed by atoms with E-state index in [0.29, 0.717) is 32.2 Å². The summed E-state index contributed by atoms with van der Waals surface area (Å²) in [6.45, 7) is 4.72. The first-order chi connectivity index (χ1) is 14.5. The van der Waals surface area contributed by atoms with Crippen LogP contribution < -0.4 is 4.90 Å². The average molecular weight is 410 g/mol. The minimum Gasteiger partial charge on any atom is -0.510 e. The van der Waals surface area contributed by atoms with Gasteiger partial charge < -0.3 is 19.8 Å². The van der Waals surface area contributed by atoms with Crippen LogP contribution in [0.25, 0.3) is 0 Å². The van der Waals surface area contributed by atoms with Gasteiger partial charge in [0.15, 0.2) is 5.70 Å². The van der Waals surface area contributed by atoms with E-state index < -0.39 is 11.6 Å². The second-order valence-electron chi connectivity index (χ2n) is 7.95. The summed E-state index contributed by atoms with van der Waals surface area (Å²) < 4.78 is 6.04. The Bertz CT molecular complexity index is 876. The molecule has 5 heteroatoms. The molecule has 0 saturated heterocycles. The second kappa shape index (κ2) is 9.70. The number of aliphatic hydroxyl groups is 1. The Morgan fingerprint density at radius 2 is 1.67 bits per heavy atom. The first-order valence-electron chi connectivity index (χ1n) is 10.7. The lowest BCUT2D eigenvalue weighted by atomic mass is 9.84. The number of rotatable bonds is 9. The third-order valence-corrected chi connectivity index (χ3v) is 5.56. The van der Waals surface area contributed by atoms with Crippen molar-refractivity contribution in [3.63, 3.8) is 0 Å². The Hall–Kier alpha value is -2.95. The number of carbonyl (C=O) groups excluding carboxylic acids is 1. The number of anilines is 1. The van der Waals surface area contributed by atoms with Gasteiger partial charge in [0.1, 0.15) is 17.1 Å². The lowest BCUT2D eigenvalue weighted by Gasteiger charge is -2.39. The molecule has 1 heterocycles. The maximum atomic E-state index is 13.1. The van der Waals surface area contributed by atoms with Gasteiger partial charge in [-0.15, -0.1) is 0 Å². The van der Waals surface area contributed by atoms with Gasteiger partial charge in [-0.1, -0.05) is 50.6 Å². The highest BCUT2D eigenvalue weighted by molar-refractivity contribution is 5.94. The molecule has 2 N–H and O–H groups in total. The number of esters is 1. The van der Waals surface area contributed by atoms with Crippen LogP contribution in [0.3, 0.4) is 0 Å². The second-order valence-corrected chi connectivity index (χ2v) is 7.95. The molecule has 0 saturated carbocycles. The van der Waals surface area contributed by atoms with Crippen molar-refractivity contribution in [3.8, 4) is 5.75 Å². The maximum Gasteiger partial charge on any atom is 0.359 e. The highest BCUT2D eigenvalue weighted by Gasteiger charge is 2.42. The Morgan fingerprint density at radius 1 is 0.967 bits per heavy atom. The fraction of sp³-hybridized carbons (Fsp3) is 0.400. The SMILES string of the molecule is CCCN(C1=C(O)CC(CCC)(CCc2ccc(O)cc2)OC1=O)c1ccccc1. The molecule has 5 nitrogen and oxygen atoms in total. The van der Waals surface area contributed by atoms with Crippen molar-refractivity contribution in [3.05, 3.63) is 71.6 Å². The molecule has 160 valence electrons. The van der Waals surface area contributed by atoms with Crippen LogP contribution in [-0.2, 0) is 16.0 Å². The van der Waals surface area contributed by atoms with E-state index in [9.17, 15) is 15.0 Å². The highest BCUT2D eigenvalue weighted by atomic mass is 16.6. The van der Waals surface area contributed by atoms with Gasteiger partial charge in [-0.2, -0.15) is 0 Å². The summed E-state index contributed by atoms with van der Waals surface area (Å²) >= 11 is 0. The molecule has 0 bridgehead atoms. The molecule has 0 fully saturated rings. The normalized spacial score (nSPS) is 18.9. The molecule has 0 spiro atoms. The van der Waals surface area contributed by atoms with Crippen molar-refractivity contribution < 1.29 is 19.7 Å². The minimum absolute atomic E-state index is 0.0997. The fourth-order valence-electron chi connectivity index (χ4n) is 4.15. The summed E-state index contributed by atoms with van der Waals surface area (Å²) in [4.78, 5) is 15.0. The Morgan fingerprint density at radius 3 is 2.27 bits per heavy atom. The smallest absolute Gasteiger partial charge is 0.359 e. The Kier molecular flexibility index (Phi) is 7.03. The number of benzene rings is 2. The van der Waals surface area contributed by atoms with Crippen molar-refractivity contribution in [2.75, 3.05) is 11.4 Å². The van der Waals surface area contributed by atoms with Gasteiger partial charge in [-0.25, -0.2) is 4.79 Å². The standard InChI is InChI=1S/C25H31NO4/c1-3-15-25(16-14-19-10-12-21(27)13-11-19)18-22(28)23(24(29)30-25)26(17-4-2)20-8-6-5-7-9-20/h5-13,27-28H,3-4,14-18H2,1-2H3. The number of carbonyl (C=O) groups is 1. The number of aliphatic hydroxyl groups excluding tert-OH is 1. The van der Waals surface area contributed by atoms with Crippen molar-refractivity contribution >= 4 is 11.7 Å². The van der Waals surface area contributed by atoms with Gasteiger partial charge in [-0.05, 0) is 55.5 Å². The molecule has 0 radical (unpaired) electrons. The zero-order chi connectivity index (χ0) is 21.6. The third-order valence-electron chi connectivity index (χ3n) is 5.56. The number of nitrogens with zero attached hydrogens (tertiary/aromatic N) is 1. The van der Waals surface area contributed by atoms with Gasteiger partial charge in [0.2, 0.25) is 0 Å². The van der Waals surface area contributed by atoms with Crippen LogP contribution in [0, 0.1) is 0 Å². The zero-order valence-corrected chi connectivity index (χ0v) is 17.8. The molecular formula is C25H31NO4. The largest absolute Gasteiger partial charge is 0.510 e. The molecule has 1 aliphatic rings. The lowest BCUT2D eigenvalue weighted by molar-refractivity contribution is -0.160. The number of para-hydroxylation sites is 1. The number of aromatic hydroxyl groups is 1. The molecule has 1 aliphatic heterocycles. The number of hydrogen-bond donors (Lipinski definition) is 2. The number of phenols is 1. The van der Waals surface area contributed by atoms with Crippen LogP contribution in [-0.4, -0.2) is 28.3 Å². The summed E-state index contributed by atoms with van der Waals surface area (Å²) in [6, 6.07) is 16.7. The van der Waals surface area contributed by atoms with Gasteiger partial charge in [-0.3, -0.25) is 0 Å². The molecule has 2 aromatic carbocycles. The van der Waals surface area contributed by atoms with E-state index in [1.807, 2.05) is 54.3 Å². The van der Waals surface area contributed by atoms with E-state index in [2.05, 4.69) is 6.92 Å². The van der Waals surface area contributed by atoms with E-state index in [1.54, 1.807) is 12.1 Å². The van der Waals surface area contributed by atoms with E-state index >= 15 is 0 Å². The van der Waals surface area contributed by atoms with Crippen molar-refractivity contribution in [2.24, 2.45) is 0 Å². The van der Waals surface area contributed by atoms with Crippen LogP contribution in [0.15, 0.2) is 66.1 Å². The summed E-state index contributed by atoms with van der Waals surface area (Å²) in [7, 11) is 0. The molecule has 30 heavy (non-hydrogen) atoms. The van der Waals surface area contributed by atoms with E-state index in [-0.39, 0.29) is 17.2 Å². The number of hydrogen-bond acceptors (Lipinski definition) is 5. The maximum absolute atomic E-state index is 13.1. The van der Waals surface area contributed by atoms with Crippen molar-refractivity contribution in [1.82, 2.24) is 0 Å². The summed E-state index contributed by atoms with van der Waals surface area (Å²) in [6.07, 6.45) is 4.00. The molecule has 1 unspecified atom stereocenters. The molecule has 1 atom stereocenters. The van der Waals surface area contributed by atoms with E-state index in [0.717, 1.165) is 24.1 Å². The number of ether oxygens (including phenoxy) is 1. The average Bonchev–Trinajstić information content (AvgIpc) is 2.73. The van der Waals surface area contributed by atoms with Gasteiger partial charge in [0, 0.05) is 18.7 Å². The van der Waals surface area contributed by atoms with Crippen LogP contribution >= 0.6 is 0 Å². The number of aryl methyl sites for hydroxylation is 1.